The summed E-state index contributed by atoms with van der Waals surface area (Å²) in [7, 11) is 1.79. The van der Waals surface area contributed by atoms with Gasteiger partial charge in [0.2, 0.25) is 5.91 Å². The summed E-state index contributed by atoms with van der Waals surface area (Å²) >= 11 is 0. The summed E-state index contributed by atoms with van der Waals surface area (Å²) < 4.78 is 10.4. The number of hydrogen-bond acceptors (Lipinski definition) is 5. The lowest BCUT2D eigenvalue weighted by Gasteiger charge is -2.17. The predicted octanol–water partition coefficient (Wildman–Crippen LogP) is 3.14. The maximum absolute atomic E-state index is 12.3. The van der Waals surface area contributed by atoms with E-state index < -0.39 is 5.97 Å². The van der Waals surface area contributed by atoms with Crippen LogP contribution in [0, 0.1) is 13.8 Å². The van der Waals surface area contributed by atoms with Gasteiger partial charge in [0.1, 0.15) is 11.3 Å². The van der Waals surface area contributed by atoms with E-state index in [9.17, 15) is 9.59 Å². The third-order valence-corrected chi connectivity index (χ3v) is 3.81. The number of esters is 1. The van der Waals surface area contributed by atoms with Gasteiger partial charge in [0, 0.05) is 5.69 Å². The van der Waals surface area contributed by atoms with E-state index in [0.717, 1.165) is 16.8 Å². The highest BCUT2D eigenvalue weighted by molar-refractivity contribution is 5.94. The second kappa shape index (κ2) is 8.48. The average molecular weight is 344 g/mol. The van der Waals surface area contributed by atoms with Gasteiger partial charge in [0.25, 0.3) is 0 Å². The van der Waals surface area contributed by atoms with Crippen LogP contribution in [0.2, 0.25) is 0 Å². The van der Waals surface area contributed by atoms with Crippen LogP contribution in [0.4, 0.5) is 5.69 Å². The standard InChI is InChI=1S/C19H24N2O4/c1-5-24-19(23)15-9-10-25-16(15)11-21(4)12-17(22)20-18-13(2)7-6-8-14(18)3/h6-10H,5,11-12H2,1-4H3,(H,20,22). The monoisotopic (exact) mass is 344 g/mol. The Morgan fingerprint density at radius 3 is 2.52 bits per heavy atom. The molecular weight excluding hydrogens is 320 g/mol. The normalized spacial score (nSPS) is 10.8. The summed E-state index contributed by atoms with van der Waals surface area (Å²) in [6, 6.07) is 7.46. The smallest absolute Gasteiger partial charge is 0.341 e. The molecule has 1 heterocycles. The van der Waals surface area contributed by atoms with Gasteiger partial charge in [-0.3, -0.25) is 9.69 Å². The predicted molar refractivity (Wildman–Crippen MR) is 95.5 cm³/mol. The highest BCUT2D eigenvalue weighted by Gasteiger charge is 2.18. The van der Waals surface area contributed by atoms with Crippen LogP contribution < -0.4 is 5.32 Å². The Morgan fingerprint density at radius 1 is 1.20 bits per heavy atom. The molecule has 0 unspecified atom stereocenters. The molecule has 0 saturated heterocycles. The fourth-order valence-electron chi connectivity index (χ4n) is 2.59. The molecule has 1 N–H and O–H groups in total. The summed E-state index contributed by atoms with van der Waals surface area (Å²) in [4.78, 5) is 26.0. The number of nitrogens with zero attached hydrogens (tertiary/aromatic N) is 1. The number of anilines is 1. The molecule has 1 aromatic heterocycles. The Balaban J connectivity index is 1.96. The zero-order chi connectivity index (χ0) is 18.4. The van der Waals surface area contributed by atoms with Crippen LogP contribution in [-0.2, 0) is 16.1 Å². The van der Waals surface area contributed by atoms with Gasteiger partial charge in [0.15, 0.2) is 0 Å². The first-order valence-electron chi connectivity index (χ1n) is 8.20. The highest BCUT2D eigenvalue weighted by atomic mass is 16.5. The molecule has 25 heavy (non-hydrogen) atoms. The number of ether oxygens (including phenoxy) is 1. The van der Waals surface area contributed by atoms with Crippen molar-refractivity contribution < 1.29 is 18.7 Å². The third kappa shape index (κ3) is 4.93. The number of aryl methyl sites for hydroxylation is 2. The van der Waals surface area contributed by atoms with Crippen molar-refractivity contribution in [2.24, 2.45) is 0 Å². The van der Waals surface area contributed by atoms with Crippen molar-refractivity contribution in [3.8, 4) is 0 Å². The van der Waals surface area contributed by atoms with E-state index in [4.69, 9.17) is 9.15 Å². The van der Waals surface area contributed by atoms with Crippen LogP contribution in [0.25, 0.3) is 0 Å². The third-order valence-electron chi connectivity index (χ3n) is 3.81. The van der Waals surface area contributed by atoms with Crippen LogP contribution in [-0.4, -0.2) is 37.0 Å². The number of rotatable bonds is 7. The first kappa shape index (κ1) is 18.7. The quantitative estimate of drug-likeness (QED) is 0.781. The first-order chi connectivity index (χ1) is 11.9. The molecule has 0 aliphatic carbocycles. The van der Waals surface area contributed by atoms with Gasteiger partial charge >= 0.3 is 5.97 Å². The Morgan fingerprint density at radius 2 is 1.88 bits per heavy atom. The number of furan rings is 1. The van der Waals surface area contributed by atoms with E-state index in [0.29, 0.717) is 24.5 Å². The van der Waals surface area contributed by atoms with Gasteiger partial charge in [-0.1, -0.05) is 18.2 Å². The summed E-state index contributed by atoms with van der Waals surface area (Å²) in [5, 5.41) is 2.94. The number of hydrogen-bond donors (Lipinski definition) is 1. The number of benzene rings is 1. The molecule has 0 aliphatic rings. The van der Waals surface area contributed by atoms with Crippen molar-refractivity contribution in [1.29, 1.82) is 0 Å². The minimum atomic E-state index is -0.417. The first-order valence-corrected chi connectivity index (χ1v) is 8.20. The second-order valence-electron chi connectivity index (χ2n) is 5.97. The van der Waals surface area contributed by atoms with E-state index in [1.807, 2.05) is 32.0 Å². The summed E-state index contributed by atoms with van der Waals surface area (Å²) in [6.07, 6.45) is 1.45. The van der Waals surface area contributed by atoms with Crippen molar-refractivity contribution in [3.05, 3.63) is 53.0 Å². The zero-order valence-electron chi connectivity index (χ0n) is 15.1. The molecule has 0 bridgehead atoms. The van der Waals surface area contributed by atoms with Crippen molar-refractivity contribution >= 4 is 17.6 Å². The lowest BCUT2D eigenvalue weighted by Crippen LogP contribution is -2.30. The summed E-state index contributed by atoms with van der Waals surface area (Å²) in [6.45, 7) is 6.48. The van der Waals surface area contributed by atoms with Crippen molar-refractivity contribution in [2.45, 2.75) is 27.3 Å². The molecule has 2 rings (SSSR count). The molecule has 2 aromatic rings. The van der Waals surface area contributed by atoms with Crippen molar-refractivity contribution in [1.82, 2.24) is 4.90 Å². The Kier molecular flexibility index (Phi) is 6.36. The maximum atomic E-state index is 12.3. The van der Waals surface area contributed by atoms with Gasteiger partial charge in [-0.2, -0.15) is 0 Å². The molecule has 6 nitrogen and oxygen atoms in total. The topological polar surface area (TPSA) is 71.8 Å². The molecule has 1 amide bonds. The fourth-order valence-corrected chi connectivity index (χ4v) is 2.59. The van der Waals surface area contributed by atoms with E-state index in [2.05, 4.69) is 5.32 Å². The Labute approximate surface area is 147 Å². The lowest BCUT2D eigenvalue weighted by atomic mass is 10.1. The SMILES string of the molecule is CCOC(=O)c1ccoc1CN(C)CC(=O)Nc1c(C)cccc1C. The molecule has 0 atom stereocenters. The van der Waals surface area contributed by atoms with Crippen LogP contribution in [0.5, 0.6) is 0 Å². The molecule has 1 aromatic carbocycles. The molecule has 0 saturated carbocycles. The fraction of sp³-hybridized carbons (Fsp3) is 0.368. The van der Waals surface area contributed by atoms with E-state index in [1.165, 1.54) is 6.26 Å². The van der Waals surface area contributed by atoms with Crippen molar-refractivity contribution in [2.75, 3.05) is 25.5 Å². The minimum Gasteiger partial charge on any atom is -0.467 e. The zero-order valence-corrected chi connectivity index (χ0v) is 15.1. The molecular formula is C19H24N2O4. The number of nitrogens with one attached hydrogen (secondary N) is 1. The molecule has 134 valence electrons. The highest BCUT2D eigenvalue weighted by Crippen LogP contribution is 2.19. The Hall–Kier alpha value is -2.60. The summed E-state index contributed by atoms with van der Waals surface area (Å²) in [5.41, 5.74) is 3.27. The minimum absolute atomic E-state index is 0.121. The average Bonchev–Trinajstić information content (AvgIpc) is 2.99. The van der Waals surface area contributed by atoms with E-state index in [-0.39, 0.29) is 12.5 Å². The summed E-state index contributed by atoms with van der Waals surface area (Å²) in [5.74, 6) is -0.0513. The van der Waals surface area contributed by atoms with Gasteiger partial charge in [0.05, 0.1) is 26.0 Å². The van der Waals surface area contributed by atoms with Crippen molar-refractivity contribution in [3.63, 3.8) is 0 Å². The number of carbonyl (C=O) groups is 2. The Bertz CT molecular complexity index is 731. The van der Waals surface area contributed by atoms with E-state index in [1.54, 1.807) is 24.9 Å². The van der Waals surface area contributed by atoms with Gasteiger partial charge < -0.3 is 14.5 Å². The van der Waals surface area contributed by atoms with Crippen LogP contribution in [0.3, 0.4) is 0 Å². The van der Waals surface area contributed by atoms with Gasteiger partial charge in [-0.15, -0.1) is 0 Å². The van der Waals surface area contributed by atoms with Crippen LogP contribution >= 0.6 is 0 Å². The van der Waals surface area contributed by atoms with Gasteiger partial charge in [-0.25, -0.2) is 4.79 Å². The second-order valence-corrected chi connectivity index (χ2v) is 5.97. The largest absolute Gasteiger partial charge is 0.467 e. The van der Waals surface area contributed by atoms with Crippen LogP contribution in [0.1, 0.15) is 34.2 Å². The molecule has 6 heteroatoms. The molecule has 0 radical (unpaired) electrons. The van der Waals surface area contributed by atoms with Gasteiger partial charge in [-0.05, 0) is 45.0 Å². The number of likely N-dealkylation sites (N-methyl/N-ethyl adjacent to an activating group) is 1. The maximum Gasteiger partial charge on any atom is 0.341 e. The van der Waals surface area contributed by atoms with E-state index >= 15 is 0 Å². The number of carbonyl (C=O) groups excluding carboxylic acids is 2. The lowest BCUT2D eigenvalue weighted by molar-refractivity contribution is -0.117. The number of amides is 1. The molecule has 0 aliphatic heterocycles. The molecule has 0 fully saturated rings. The molecule has 0 spiro atoms. The van der Waals surface area contributed by atoms with Crippen LogP contribution in [0.15, 0.2) is 34.9 Å². The number of para-hydroxylation sites is 1.